The van der Waals surface area contributed by atoms with E-state index >= 15 is 0 Å². The van der Waals surface area contributed by atoms with Crippen molar-refractivity contribution in [2.75, 3.05) is 0 Å². The maximum absolute atomic E-state index is 3.84. The van der Waals surface area contributed by atoms with Crippen LogP contribution in [0, 0.1) is 0 Å². The predicted octanol–water partition coefficient (Wildman–Crippen LogP) is 8.87. The molecule has 6 heteroatoms. The summed E-state index contributed by atoms with van der Waals surface area (Å²) >= 11 is 22.8. The minimum Gasteiger partial charge on any atom is -0.0698 e. The summed E-state index contributed by atoms with van der Waals surface area (Å²) < 4.78 is 1.78. The number of allylic oxidation sites excluding steroid dienone is 2. The van der Waals surface area contributed by atoms with Crippen molar-refractivity contribution >= 4 is 95.6 Å². The molecule has 0 spiro atoms. The van der Waals surface area contributed by atoms with Crippen LogP contribution in [0.4, 0.5) is 0 Å². The van der Waals surface area contributed by atoms with Crippen LogP contribution in [0.15, 0.2) is 8.96 Å². The van der Waals surface area contributed by atoms with Crippen molar-refractivity contribution in [2.24, 2.45) is 0 Å². The van der Waals surface area contributed by atoms with Crippen molar-refractivity contribution in [3.05, 3.63) is 8.96 Å². The minimum atomic E-state index is -0.351. The summed E-state index contributed by atoms with van der Waals surface area (Å²) in [5, 5.41) is 0. The van der Waals surface area contributed by atoms with Gasteiger partial charge in [0.1, 0.15) is 6.47 Å². The molecule has 0 N–H and O–H groups in total. The third kappa shape index (κ3) is 6.26. The van der Waals surface area contributed by atoms with Crippen LogP contribution >= 0.6 is 95.6 Å². The summed E-state index contributed by atoms with van der Waals surface area (Å²) in [5.74, 6) is 0. The summed E-state index contributed by atoms with van der Waals surface area (Å²) in [6, 6.07) is 0. The number of rotatable bonds is 0. The number of alkyl halides is 4. The van der Waals surface area contributed by atoms with E-state index in [-0.39, 0.29) is 6.47 Å². The molecular formula is C14H20Br6. The van der Waals surface area contributed by atoms with Gasteiger partial charge in [-0.2, -0.15) is 0 Å². The zero-order valence-corrected chi connectivity index (χ0v) is 20.9. The lowest BCUT2D eigenvalue weighted by Crippen LogP contribution is -2.35. The van der Waals surface area contributed by atoms with Gasteiger partial charge in [0.15, 0.2) is 0 Å². The summed E-state index contributed by atoms with van der Waals surface area (Å²) in [6.45, 7) is 0. The summed E-state index contributed by atoms with van der Waals surface area (Å²) in [4.78, 5) is 0. The molecule has 20 heavy (non-hydrogen) atoms. The molecule has 1 rings (SSSR count). The average Bonchev–Trinajstić information content (AvgIpc) is 2.38. The van der Waals surface area contributed by atoms with Gasteiger partial charge in [-0.25, -0.2) is 0 Å². The summed E-state index contributed by atoms with van der Waals surface area (Å²) in [5.41, 5.74) is 0. The molecular weight excluding hydrogens is 648 g/mol. The van der Waals surface area contributed by atoms with Gasteiger partial charge in [-0.3, -0.25) is 0 Å². The van der Waals surface area contributed by atoms with Crippen LogP contribution in [-0.2, 0) is 0 Å². The van der Waals surface area contributed by atoms with E-state index in [1.54, 1.807) is 0 Å². The van der Waals surface area contributed by atoms with Gasteiger partial charge in [-0.15, -0.1) is 0 Å². The van der Waals surface area contributed by atoms with Gasteiger partial charge in [0.25, 0.3) is 0 Å². The van der Waals surface area contributed by atoms with E-state index < -0.39 is 0 Å². The lowest BCUT2D eigenvalue weighted by Gasteiger charge is -2.35. The molecule has 118 valence electrons. The van der Waals surface area contributed by atoms with Crippen LogP contribution in [0.1, 0.15) is 64.2 Å². The van der Waals surface area contributed by atoms with Gasteiger partial charge in [0, 0.05) is 8.96 Å². The molecule has 0 nitrogen and oxygen atoms in total. The zero-order chi connectivity index (χ0) is 15.2. The summed E-state index contributed by atoms with van der Waals surface area (Å²) in [6.07, 6.45) is 12.7. The van der Waals surface area contributed by atoms with E-state index in [2.05, 4.69) is 95.6 Å². The molecule has 0 aliphatic heterocycles. The molecule has 0 unspecified atom stereocenters. The van der Waals surface area contributed by atoms with Crippen LogP contribution in [0.3, 0.4) is 0 Å². The number of halogens is 6. The molecule has 0 atom stereocenters. The SMILES string of the molecule is BrC1=C(Br)C(Br)(Br)C(Br)(Br)CCCCCCCCCC1. The van der Waals surface area contributed by atoms with Crippen molar-refractivity contribution in [3.8, 4) is 0 Å². The summed E-state index contributed by atoms with van der Waals surface area (Å²) in [7, 11) is 0. The first-order chi connectivity index (χ1) is 9.29. The van der Waals surface area contributed by atoms with Gasteiger partial charge in [0.2, 0.25) is 0 Å². The molecule has 0 radical (unpaired) electrons. The van der Waals surface area contributed by atoms with Crippen molar-refractivity contribution in [2.45, 2.75) is 70.7 Å². The van der Waals surface area contributed by atoms with E-state index in [1.807, 2.05) is 0 Å². The van der Waals surface area contributed by atoms with Crippen LogP contribution in [0.2, 0.25) is 0 Å². The van der Waals surface area contributed by atoms with Crippen LogP contribution in [0.25, 0.3) is 0 Å². The second-order valence-corrected chi connectivity index (χ2v) is 14.3. The quantitative estimate of drug-likeness (QED) is 0.227. The fourth-order valence-electron chi connectivity index (χ4n) is 2.29. The second-order valence-electron chi connectivity index (χ2n) is 5.33. The Kier molecular flexibility index (Phi) is 10.1. The topological polar surface area (TPSA) is 0 Å². The lowest BCUT2D eigenvalue weighted by molar-refractivity contribution is 0.549. The van der Waals surface area contributed by atoms with Crippen molar-refractivity contribution in [1.29, 1.82) is 0 Å². The van der Waals surface area contributed by atoms with Crippen LogP contribution in [0.5, 0.6) is 0 Å². The maximum atomic E-state index is 3.84. The smallest absolute Gasteiger partial charge is 0.0698 e. The first-order valence-electron chi connectivity index (χ1n) is 7.09. The predicted molar refractivity (Wildman–Crippen MR) is 112 cm³/mol. The Bertz CT molecular complexity index is 335. The molecule has 0 saturated heterocycles. The fraction of sp³-hybridized carbons (Fsp3) is 0.857. The van der Waals surface area contributed by atoms with Crippen molar-refractivity contribution in [3.63, 3.8) is 0 Å². The fourth-order valence-corrected chi connectivity index (χ4v) is 6.30. The first-order valence-corrected chi connectivity index (χ1v) is 11.8. The van der Waals surface area contributed by atoms with E-state index in [0.29, 0.717) is 0 Å². The zero-order valence-electron chi connectivity index (χ0n) is 11.3. The maximum Gasteiger partial charge on any atom is 0.137 e. The van der Waals surface area contributed by atoms with Crippen LogP contribution < -0.4 is 0 Å². The largest absolute Gasteiger partial charge is 0.137 e. The molecule has 0 aromatic rings. The molecule has 0 amide bonds. The highest BCUT2D eigenvalue weighted by molar-refractivity contribution is 9.31. The van der Waals surface area contributed by atoms with Gasteiger partial charge in [-0.05, 0) is 19.3 Å². The molecule has 0 saturated carbocycles. The Morgan fingerprint density at radius 3 is 1.65 bits per heavy atom. The molecule has 0 heterocycles. The van der Waals surface area contributed by atoms with Gasteiger partial charge in [0.05, 0.1) is 0 Å². The van der Waals surface area contributed by atoms with E-state index in [4.69, 9.17) is 0 Å². The molecule has 1 aliphatic carbocycles. The lowest BCUT2D eigenvalue weighted by atomic mass is 10.0. The highest BCUT2D eigenvalue weighted by atomic mass is 79.9. The first kappa shape index (κ1) is 20.7. The minimum absolute atomic E-state index is 0.213. The highest BCUT2D eigenvalue weighted by Gasteiger charge is 2.47. The Hall–Kier alpha value is 2.62. The van der Waals surface area contributed by atoms with Crippen LogP contribution in [-0.4, -0.2) is 6.47 Å². The van der Waals surface area contributed by atoms with E-state index in [0.717, 1.165) is 17.3 Å². The standard InChI is InChI=1S/C14H20Br6/c15-11-9-7-5-3-1-2-4-6-8-10-13(17,18)14(19,20)12(11)16/h1-10H2. The third-order valence-electron chi connectivity index (χ3n) is 3.61. The average molecular weight is 668 g/mol. The molecule has 0 aromatic carbocycles. The van der Waals surface area contributed by atoms with Gasteiger partial charge >= 0.3 is 0 Å². The van der Waals surface area contributed by atoms with E-state index in [9.17, 15) is 0 Å². The molecule has 0 bridgehead atoms. The monoisotopic (exact) mass is 662 g/mol. The number of hydrogen-bond acceptors (Lipinski definition) is 0. The Labute approximate surface area is 173 Å². The normalized spacial score (nSPS) is 26.1. The Balaban J connectivity index is 2.88. The Morgan fingerprint density at radius 2 is 1.10 bits per heavy atom. The second kappa shape index (κ2) is 9.80. The van der Waals surface area contributed by atoms with Gasteiger partial charge in [-0.1, -0.05) is 141 Å². The number of hydrogen-bond donors (Lipinski definition) is 0. The van der Waals surface area contributed by atoms with E-state index in [1.165, 1.54) is 55.8 Å². The third-order valence-corrected chi connectivity index (χ3v) is 13.3. The molecule has 0 aromatic heterocycles. The van der Waals surface area contributed by atoms with Crippen molar-refractivity contribution < 1.29 is 0 Å². The van der Waals surface area contributed by atoms with Gasteiger partial charge < -0.3 is 0 Å². The van der Waals surface area contributed by atoms with Crippen molar-refractivity contribution in [1.82, 2.24) is 0 Å². The molecule has 0 fully saturated rings. The Morgan fingerprint density at radius 1 is 0.650 bits per heavy atom. The highest BCUT2D eigenvalue weighted by Crippen LogP contribution is 2.58. The molecule has 1 aliphatic rings.